The molecule has 140 valence electrons. The first-order valence-electron chi connectivity index (χ1n) is 9.46. The lowest BCUT2D eigenvalue weighted by molar-refractivity contribution is -0.163. The Hall–Kier alpha value is -1.82. The zero-order chi connectivity index (χ0) is 18.1. The van der Waals surface area contributed by atoms with Gasteiger partial charge in [0.1, 0.15) is 0 Å². The summed E-state index contributed by atoms with van der Waals surface area (Å²) in [6.07, 6.45) is 9.61. The minimum atomic E-state index is -0.635. The van der Waals surface area contributed by atoms with Crippen LogP contribution in [0, 0.1) is 0 Å². The number of unbranched alkanes of at least 4 members (excludes halogenated alkanes) is 1. The van der Waals surface area contributed by atoms with Gasteiger partial charge in [-0.05, 0) is 62.8 Å². The fraction of sp³-hybridized carbons (Fsp3) is 0.524. The van der Waals surface area contributed by atoms with Gasteiger partial charge >= 0.3 is 0 Å². The number of methoxy groups -OCH3 is 1. The third-order valence-corrected chi connectivity index (χ3v) is 4.87. The van der Waals surface area contributed by atoms with E-state index in [0.29, 0.717) is 6.61 Å². The Morgan fingerprint density at radius 2 is 1.77 bits per heavy atom. The van der Waals surface area contributed by atoms with Crippen LogP contribution in [0.15, 0.2) is 48.8 Å². The highest BCUT2D eigenvalue weighted by Crippen LogP contribution is 2.35. The molecule has 1 fully saturated rings. The van der Waals surface area contributed by atoms with Crippen LogP contribution in [0.1, 0.15) is 49.9 Å². The Bertz CT molecular complexity index is 591. The zero-order valence-corrected chi connectivity index (χ0v) is 15.5. The van der Waals surface area contributed by atoms with Gasteiger partial charge in [-0.25, -0.2) is 0 Å². The maximum absolute atomic E-state index is 6.02. The standard InChI is InChI=1S/C21H28N2O3/c1-24-21(18-10-2-6-14-22-18,19-11-3-7-15-23-19)13-5-9-17-26-20-12-4-8-16-25-20/h2-3,6-7,10-11,14-15,20H,4-5,8-9,12-13,16-17H2,1H3. The molecule has 1 aliphatic heterocycles. The lowest BCUT2D eigenvalue weighted by atomic mass is 9.88. The molecule has 0 aromatic carbocycles. The van der Waals surface area contributed by atoms with Crippen molar-refractivity contribution in [1.82, 2.24) is 9.97 Å². The maximum atomic E-state index is 6.02. The number of nitrogens with zero attached hydrogens (tertiary/aromatic N) is 2. The van der Waals surface area contributed by atoms with E-state index in [9.17, 15) is 0 Å². The van der Waals surface area contributed by atoms with E-state index in [0.717, 1.165) is 50.1 Å². The number of pyridine rings is 2. The molecule has 0 amide bonds. The second kappa shape index (κ2) is 9.76. The minimum absolute atomic E-state index is 0.0255. The van der Waals surface area contributed by atoms with E-state index in [1.165, 1.54) is 6.42 Å². The molecule has 0 aliphatic carbocycles. The molecule has 5 nitrogen and oxygen atoms in total. The lowest BCUT2D eigenvalue weighted by Gasteiger charge is -2.31. The van der Waals surface area contributed by atoms with Crippen LogP contribution in [-0.4, -0.2) is 36.6 Å². The van der Waals surface area contributed by atoms with Gasteiger partial charge in [0.15, 0.2) is 11.9 Å². The number of ether oxygens (including phenoxy) is 3. The van der Waals surface area contributed by atoms with Gasteiger partial charge < -0.3 is 14.2 Å². The van der Waals surface area contributed by atoms with E-state index in [1.54, 1.807) is 19.5 Å². The van der Waals surface area contributed by atoms with Gasteiger partial charge in [0, 0.05) is 32.7 Å². The highest BCUT2D eigenvalue weighted by atomic mass is 16.7. The van der Waals surface area contributed by atoms with Crippen molar-refractivity contribution in [2.24, 2.45) is 0 Å². The van der Waals surface area contributed by atoms with E-state index < -0.39 is 5.60 Å². The van der Waals surface area contributed by atoms with Crippen molar-refractivity contribution in [3.05, 3.63) is 60.2 Å². The molecule has 1 atom stereocenters. The topological polar surface area (TPSA) is 53.5 Å². The van der Waals surface area contributed by atoms with Crippen LogP contribution < -0.4 is 0 Å². The van der Waals surface area contributed by atoms with Gasteiger partial charge in [-0.1, -0.05) is 12.1 Å². The maximum Gasteiger partial charge on any atom is 0.157 e. The second-order valence-corrected chi connectivity index (χ2v) is 6.59. The largest absolute Gasteiger partial charge is 0.366 e. The van der Waals surface area contributed by atoms with E-state index in [1.807, 2.05) is 36.4 Å². The van der Waals surface area contributed by atoms with Crippen molar-refractivity contribution >= 4 is 0 Å². The van der Waals surface area contributed by atoms with Crippen molar-refractivity contribution < 1.29 is 14.2 Å². The third kappa shape index (κ3) is 4.67. The summed E-state index contributed by atoms with van der Waals surface area (Å²) in [5, 5.41) is 0. The molecule has 1 saturated heterocycles. The molecule has 2 aromatic rings. The quantitative estimate of drug-likeness (QED) is 0.634. The first-order chi connectivity index (χ1) is 12.8. The first kappa shape index (κ1) is 19.0. The summed E-state index contributed by atoms with van der Waals surface area (Å²) in [5.74, 6) is 0. The van der Waals surface area contributed by atoms with Crippen LogP contribution in [-0.2, 0) is 19.8 Å². The molecule has 2 aromatic heterocycles. The van der Waals surface area contributed by atoms with Crippen LogP contribution >= 0.6 is 0 Å². The Kier molecular flexibility index (Phi) is 7.12. The number of hydrogen-bond acceptors (Lipinski definition) is 5. The van der Waals surface area contributed by atoms with Crippen LogP contribution in [0.25, 0.3) is 0 Å². The smallest absolute Gasteiger partial charge is 0.157 e. The second-order valence-electron chi connectivity index (χ2n) is 6.59. The summed E-state index contributed by atoms with van der Waals surface area (Å²) in [7, 11) is 1.73. The summed E-state index contributed by atoms with van der Waals surface area (Å²) in [4.78, 5) is 9.11. The number of rotatable bonds is 9. The number of aromatic nitrogens is 2. The molecular formula is C21H28N2O3. The van der Waals surface area contributed by atoms with E-state index in [2.05, 4.69) is 9.97 Å². The highest BCUT2D eigenvalue weighted by Gasteiger charge is 2.36. The molecule has 1 aliphatic rings. The van der Waals surface area contributed by atoms with Gasteiger partial charge in [0.2, 0.25) is 0 Å². The van der Waals surface area contributed by atoms with Gasteiger partial charge in [-0.3, -0.25) is 9.97 Å². The third-order valence-electron chi connectivity index (χ3n) is 4.87. The van der Waals surface area contributed by atoms with Crippen LogP contribution in [0.4, 0.5) is 0 Å². The average molecular weight is 356 g/mol. The van der Waals surface area contributed by atoms with Crippen molar-refractivity contribution in [1.29, 1.82) is 0 Å². The Morgan fingerprint density at radius 3 is 2.31 bits per heavy atom. The van der Waals surface area contributed by atoms with Crippen molar-refractivity contribution in [3.63, 3.8) is 0 Å². The number of hydrogen-bond donors (Lipinski definition) is 0. The zero-order valence-electron chi connectivity index (χ0n) is 15.5. The predicted octanol–water partition coefficient (Wildman–Crippen LogP) is 4.08. The molecule has 0 spiro atoms. The van der Waals surface area contributed by atoms with Crippen molar-refractivity contribution in [2.75, 3.05) is 20.3 Å². The summed E-state index contributed by atoms with van der Waals surface area (Å²) >= 11 is 0. The summed E-state index contributed by atoms with van der Waals surface area (Å²) < 4.78 is 17.5. The SMILES string of the molecule is COC(CCCCOC1CCCCO1)(c1ccccn1)c1ccccn1. The fourth-order valence-corrected chi connectivity index (χ4v) is 3.44. The van der Waals surface area contributed by atoms with Gasteiger partial charge in [0.25, 0.3) is 0 Å². The van der Waals surface area contributed by atoms with Crippen molar-refractivity contribution in [2.45, 2.75) is 50.4 Å². The molecular weight excluding hydrogens is 328 g/mol. The Balaban J connectivity index is 1.63. The van der Waals surface area contributed by atoms with E-state index in [-0.39, 0.29) is 6.29 Å². The van der Waals surface area contributed by atoms with Crippen molar-refractivity contribution in [3.8, 4) is 0 Å². The van der Waals surface area contributed by atoms with Gasteiger partial charge in [-0.15, -0.1) is 0 Å². The molecule has 0 N–H and O–H groups in total. The van der Waals surface area contributed by atoms with Crippen LogP contribution in [0.5, 0.6) is 0 Å². The first-order valence-corrected chi connectivity index (χ1v) is 9.46. The van der Waals surface area contributed by atoms with Crippen LogP contribution in [0.2, 0.25) is 0 Å². The predicted molar refractivity (Wildman–Crippen MR) is 99.7 cm³/mol. The molecule has 0 radical (unpaired) electrons. The summed E-state index contributed by atoms with van der Waals surface area (Å²) in [5.41, 5.74) is 1.14. The summed E-state index contributed by atoms with van der Waals surface area (Å²) in [6.45, 7) is 1.52. The molecule has 26 heavy (non-hydrogen) atoms. The lowest BCUT2D eigenvalue weighted by Crippen LogP contribution is -2.32. The van der Waals surface area contributed by atoms with E-state index >= 15 is 0 Å². The molecule has 0 bridgehead atoms. The average Bonchev–Trinajstić information content (AvgIpc) is 2.73. The van der Waals surface area contributed by atoms with Crippen LogP contribution in [0.3, 0.4) is 0 Å². The Labute approximate surface area is 155 Å². The molecule has 5 heteroatoms. The Morgan fingerprint density at radius 1 is 1.04 bits per heavy atom. The van der Waals surface area contributed by atoms with E-state index in [4.69, 9.17) is 14.2 Å². The monoisotopic (exact) mass is 356 g/mol. The minimum Gasteiger partial charge on any atom is -0.366 e. The summed E-state index contributed by atoms with van der Waals surface area (Å²) in [6, 6.07) is 11.8. The molecule has 1 unspecified atom stereocenters. The fourth-order valence-electron chi connectivity index (χ4n) is 3.44. The molecule has 0 saturated carbocycles. The van der Waals surface area contributed by atoms with Gasteiger partial charge in [-0.2, -0.15) is 0 Å². The molecule has 3 rings (SSSR count). The van der Waals surface area contributed by atoms with Gasteiger partial charge in [0.05, 0.1) is 11.4 Å². The normalized spacial score (nSPS) is 18.0. The molecule has 3 heterocycles. The highest BCUT2D eigenvalue weighted by molar-refractivity contribution is 5.27.